The summed E-state index contributed by atoms with van der Waals surface area (Å²) in [6.07, 6.45) is 6.46. The molecule has 138 valence electrons. The minimum absolute atomic E-state index is 0. The van der Waals surface area contributed by atoms with E-state index < -0.39 is 19.5 Å². The number of phenols is 1. The number of hydrogen-bond acceptors (Lipinski definition) is 2. The normalized spacial score (nSPS) is 14.5. The van der Waals surface area contributed by atoms with E-state index in [4.69, 9.17) is 0 Å². The minimum Gasteiger partial charge on any atom is 1.00 e. The van der Waals surface area contributed by atoms with Gasteiger partial charge >= 0.3 is 37.8 Å². The fourth-order valence-electron chi connectivity index (χ4n) is 1.86. The van der Waals surface area contributed by atoms with Crippen molar-refractivity contribution >= 4 is 32.1 Å². The van der Waals surface area contributed by atoms with Crippen molar-refractivity contribution in [2.75, 3.05) is 0 Å². The van der Waals surface area contributed by atoms with E-state index in [0.717, 1.165) is 54.5 Å². The van der Waals surface area contributed by atoms with Crippen molar-refractivity contribution in [1.29, 1.82) is 0 Å². The smallest absolute Gasteiger partial charge is 1.00 e. The topological polar surface area (TPSA) is 20.2 Å². The molecule has 0 unspecified atom stereocenters. The van der Waals surface area contributed by atoms with Crippen LogP contribution in [0.5, 0.6) is 5.75 Å². The first-order chi connectivity index (χ1) is 10.1. The average Bonchev–Trinajstić information content (AvgIpc) is 2.34. The zero-order valence-electron chi connectivity index (χ0n) is 14.0. The fourth-order valence-corrected chi connectivity index (χ4v) is 2.17. The second kappa shape index (κ2) is 7.77. The van der Waals surface area contributed by atoms with Crippen LogP contribution < -0.4 is 0 Å². The quantitative estimate of drug-likeness (QED) is 0.269. The van der Waals surface area contributed by atoms with Gasteiger partial charge in [0, 0.05) is 4.90 Å². The zero-order valence-corrected chi connectivity index (χ0v) is 16.5. The molecule has 0 fully saturated rings. The van der Waals surface area contributed by atoms with Crippen molar-refractivity contribution in [3.05, 3.63) is 23.3 Å². The maximum absolute atomic E-state index is 11.2. The van der Waals surface area contributed by atoms with Gasteiger partial charge in [0.15, 0.2) is 0 Å². The number of aromatic hydroxyl groups is 1. The number of benzene rings is 1. The van der Waals surface area contributed by atoms with Crippen molar-refractivity contribution in [2.45, 2.75) is 57.3 Å². The fraction of sp³-hybridized carbons (Fsp3) is 0.571. The van der Waals surface area contributed by atoms with Gasteiger partial charge in [0.25, 0.3) is 0 Å². The Morgan fingerprint density at radius 1 is 0.913 bits per heavy atom. The molecule has 0 aliphatic rings. The van der Waals surface area contributed by atoms with Crippen LogP contribution in [0.1, 0.15) is 52.1 Å². The van der Waals surface area contributed by atoms with Crippen molar-refractivity contribution in [3.63, 3.8) is 0 Å². The summed E-state index contributed by atoms with van der Waals surface area (Å²) in [6, 6.07) is 3.98. The Kier molecular flexibility index (Phi) is 7.69. The van der Waals surface area contributed by atoms with E-state index in [0.29, 0.717) is 5.75 Å². The van der Waals surface area contributed by atoms with E-state index >= 15 is 0 Å². The Bertz CT molecular complexity index is 480. The van der Waals surface area contributed by atoms with E-state index in [9.17, 15) is 22.0 Å². The molecule has 0 heterocycles. The molecule has 0 aromatic heterocycles. The van der Waals surface area contributed by atoms with Gasteiger partial charge < -0.3 is 5.11 Å². The van der Waals surface area contributed by atoms with E-state index in [1.165, 1.54) is 0 Å². The number of phenolic OH excluding ortho intramolecular Hbond substituents is 1. The van der Waals surface area contributed by atoms with Crippen molar-refractivity contribution in [3.8, 4) is 5.75 Å². The molecule has 0 radical (unpaired) electrons. The molecule has 0 saturated heterocycles. The third-order valence-corrected chi connectivity index (χ3v) is 3.11. The van der Waals surface area contributed by atoms with E-state index in [-0.39, 0.29) is 1.43 Å². The van der Waals surface area contributed by atoms with Gasteiger partial charge in [0.1, 0.15) is 5.75 Å². The van der Waals surface area contributed by atoms with E-state index in [1.54, 1.807) is 0 Å². The van der Waals surface area contributed by atoms with Crippen LogP contribution in [0.3, 0.4) is 0 Å². The number of aryl methyl sites for hydroxylation is 2. The number of rotatable bonds is 6. The maximum atomic E-state index is 10.1. The van der Waals surface area contributed by atoms with Gasteiger partial charge in [-0.1, -0.05) is 26.7 Å². The molecule has 0 bridgehead atoms. The molecule has 23 heavy (non-hydrogen) atoms. The van der Waals surface area contributed by atoms with Crippen LogP contribution in [0.25, 0.3) is 0 Å². The average molecular weight is 475 g/mol. The van der Waals surface area contributed by atoms with Gasteiger partial charge in [-0.05, 0) is 48.9 Å². The first-order valence-electron chi connectivity index (χ1n) is 7.24. The molecule has 1 aromatic carbocycles. The second-order valence-corrected chi connectivity index (χ2v) is 11.3. The predicted octanol–water partition coefficient (Wildman–Crippen LogP) is 6.62. The van der Waals surface area contributed by atoms with Gasteiger partial charge in [-0.2, -0.15) is 0 Å². The van der Waals surface area contributed by atoms with Gasteiger partial charge in [-0.3, -0.25) is 0 Å². The standard InChI is InChI=1S/C14H22OS.6FH.Sb/c1-3-5-7-11-9-13(16)10-12(14(11)15)8-6-4-2;;;;;;;/h9-10,15-16H,3-8H2,1-2H3;6*1H;/q;;;;;;;+5/p-5. The molecule has 1 aromatic rings. The molecule has 0 spiro atoms. The Morgan fingerprint density at radius 3 is 1.48 bits per heavy atom. The second-order valence-electron chi connectivity index (χ2n) is 5.28. The van der Waals surface area contributed by atoms with Gasteiger partial charge in [0.05, 0.1) is 0 Å². The van der Waals surface area contributed by atoms with Crippen LogP contribution in [0, 0.1) is 0 Å². The van der Waals surface area contributed by atoms with Crippen LogP contribution in [0.15, 0.2) is 17.0 Å². The maximum Gasteiger partial charge on any atom is 1.00 e. The number of unbranched alkanes of at least 4 members (excludes halogenated alkanes) is 2. The van der Waals surface area contributed by atoms with Crippen LogP contribution in [-0.4, -0.2) is 24.6 Å². The summed E-state index contributed by atoms with van der Waals surface area (Å²) >= 11 is -6.85. The van der Waals surface area contributed by atoms with Crippen molar-refractivity contribution in [1.82, 2.24) is 0 Å². The van der Waals surface area contributed by atoms with Gasteiger partial charge in [-0.15, -0.1) is 12.6 Å². The molecular weight excluding hydrogens is 452 g/mol. The summed E-state index contributed by atoms with van der Waals surface area (Å²) in [6.45, 7) is 4.33. The monoisotopic (exact) mass is 474 g/mol. The van der Waals surface area contributed by atoms with Crippen LogP contribution in [0.4, 0.5) is 16.9 Å². The van der Waals surface area contributed by atoms with Crippen LogP contribution >= 0.6 is 12.6 Å². The summed E-state index contributed by atoms with van der Waals surface area (Å²) in [4.78, 5) is 0.968. The first-order valence-corrected chi connectivity index (χ1v) is 13.5. The van der Waals surface area contributed by atoms with Gasteiger partial charge in [-0.25, -0.2) is 0 Å². The van der Waals surface area contributed by atoms with Crippen LogP contribution in [-0.2, 0) is 12.8 Å². The number of thiol groups is 1. The van der Waals surface area contributed by atoms with Crippen molar-refractivity contribution < 1.29 is 23.4 Å². The predicted molar refractivity (Wildman–Crippen MR) is 86.1 cm³/mol. The molecule has 1 N–H and O–H groups in total. The van der Waals surface area contributed by atoms with Gasteiger partial charge in [0.2, 0.25) is 0 Å². The van der Waals surface area contributed by atoms with Crippen molar-refractivity contribution in [2.24, 2.45) is 0 Å². The molecule has 0 atom stereocenters. The number of halogens is 6. The summed E-state index contributed by atoms with van der Waals surface area (Å²) in [5.74, 6) is 0.500. The largest absolute Gasteiger partial charge is 1.00 e. The molecule has 0 aliphatic heterocycles. The molecule has 1 nitrogen and oxygen atoms in total. The molecule has 9 heteroatoms. The Hall–Kier alpha value is -0.232. The summed E-state index contributed by atoms with van der Waals surface area (Å²) in [5, 5.41) is 10.1. The molecule has 0 saturated carbocycles. The number of hydrogen-bond donors (Lipinski definition) is 2. The first kappa shape index (κ1) is 22.8. The van der Waals surface area contributed by atoms with E-state index in [1.807, 2.05) is 12.1 Å². The van der Waals surface area contributed by atoms with E-state index in [2.05, 4.69) is 26.5 Å². The Morgan fingerprint density at radius 2 is 1.22 bits per heavy atom. The molecular formula is C14H23F6OSSb. The molecule has 0 amide bonds. The Balaban J connectivity index is 0. The SMILES string of the molecule is CCCCc1cc(S)cc(CCCC)c1O.[F][Sb-]([F])([F])([F])([F])[F].[H+]. The zero-order chi connectivity index (χ0) is 18.4. The molecule has 0 aliphatic carbocycles. The molecule has 1 rings (SSSR count). The summed E-state index contributed by atoms with van der Waals surface area (Å²) in [5.41, 5.74) is 2.11. The summed E-state index contributed by atoms with van der Waals surface area (Å²) < 4.78 is 59.6. The third kappa shape index (κ3) is 15.1. The van der Waals surface area contributed by atoms with Crippen LogP contribution in [0.2, 0.25) is 0 Å². The Labute approximate surface area is 141 Å². The minimum atomic E-state index is -11.2. The third-order valence-electron chi connectivity index (χ3n) is 2.85. The summed E-state index contributed by atoms with van der Waals surface area (Å²) in [7, 11) is 0.